The number of halogens is 1. The van der Waals surface area contributed by atoms with Crippen molar-refractivity contribution in [3.8, 4) is 0 Å². The smallest absolute Gasteiger partial charge is 0.271 e. The molecular formula is C12H11BrN2O2S3. The van der Waals surface area contributed by atoms with Gasteiger partial charge in [-0.05, 0) is 53.2 Å². The number of sulfonamides is 1. The van der Waals surface area contributed by atoms with Crippen LogP contribution >= 0.6 is 39.5 Å². The number of aryl methyl sites for hydroxylation is 1. The molecule has 0 fully saturated rings. The summed E-state index contributed by atoms with van der Waals surface area (Å²) in [6.45, 7) is 1.86. The lowest BCUT2D eigenvalue weighted by molar-refractivity contribution is 0.603. The number of nitrogens with one attached hydrogen (secondary N) is 1. The van der Waals surface area contributed by atoms with Gasteiger partial charge in [0.15, 0.2) is 0 Å². The molecule has 0 radical (unpaired) electrons. The molecule has 0 aliphatic carbocycles. The lowest BCUT2D eigenvalue weighted by Crippen LogP contribution is -2.13. The molecule has 0 bridgehead atoms. The van der Waals surface area contributed by atoms with Crippen molar-refractivity contribution in [2.75, 3.05) is 4.72 Å². The third kappa shape index (κ3) is 3.38. The fourth-order valence-corrected chi connectivity index (χ4v) is 4.60. The molecule has 2 rings (SSSR count). The second kappa shape index (κ2) is 5.80. The van der Waals surface area contributed by atoms with E-state index in [9.17, 15) is 8.42 Å². The zero-order chi connectivity index (χ0) is 14.9. The molecule has 1 aromatic carbocycles. The molecule has 0 unspecified atom stereocenters. The van der Waals surface area contributed by atoms with E-state index >= 15 is 0 Å². The number of rotatable bonds is 4. The number of benzene rings is 1. The number of hydrogen-bond acceptors (Lipinski definition) is 4. The highest BCUT2D eigenvalue weighted by Gasteiger charge is 2.17. The van der Waals surface area contributed by atoms with Crippen molar-refractivity contribution in [3.05, 3.63) is 45.2 Å². The van der Waals surface area contributed by atoms with Crippen LogP contribution in [0.1, 0.15) is 10.4 Å². The Morgan fingerprint density at radius 2 is 2.05 bits per heavy atom. The first-order valence-corrected chi connectivity index (χ1v) is 8.98. The molecule has 8 heteroatoms. The average molecular weight is 391 g/mol. The van der Waals surface area contributed by atoms with Gasteiger partial charge in [-0.25, -0.2) is 8.42 Å². The second-order valence-corrected chi connectivity index (χ2v) is 8.52. The third-order valence-corrected chi connectivity index (χ3v) is 6.23. The van der Waals surface area contributed by atoms with E-state index in [-0.39, 0.29) is 9.20 Å². The maximum Gasteiger partial charge on any atom is 0.271 e. The molecule has 0 saturated heterocycles. The SMILES string of the molecule is Cc1ccc(S(=O)(=O)Nc2ccc(C(N)=S)cc2Br)s1. The largest absolute Gasteiger partial charge is 0.389 e. The van der Waals surface area contributed by atoms with Crippen molar-refractivity contribution in [2.45, 2.75) is 11.1 Å². The summed E-state index contributed by atoms with van der Waals surface area (Å²) in [6.07, 6.45) is 0. The summed E-state index contributed by atoms with van der Waals surface area (Å²) in [5.74, 6) is 0. The first-order chi connectivity index (χ1) is 9.29. The molecule has 0 aliphatic heterocycles. The van der Waals surface area contributed by atoms with E-state index < -0.39 is 10.0 Å². The summed E-state index contributed by atoms with van der Waals surface area (Å²) in [5.41, 5.74) is 6.64. The molecule has 1 aromatic heterocycles. The summed E-state index contributed by atoms with van der Waals surface area (Å²) < 4.78 is 27.8. The van der Waals surface area contributed by atoms with Gasteiger partial charge in [0.2, 0.25) is 0 Å². The van der Waals surface area contributed by atoms with Gasteiger partial charge in [0.25, 0.3) is 10.0 Å². The fraction of sp³-hybridized carbons (Fsp3) is 0.0833. The van der Waals surface area contributed by atoms with Gasteiger partial charge in [-0.15, -0.1) is 11.3 Å². The molecule has 0 amide bonds. The predicted octanol–water partition coefficient (Wildman–Crippen LogP) is 3.25. The first kappa shape index (κ1) is 15.4. The van der Waals surface area contributed by atoms with Crippen LogP contribution in [0.3, 0.4) is 0 Å². The Kier molecular flexibility index (Phi) is 4.48. The maximum absolute atomic E-state index is 12.2. The first-order valence-electron chi connectivity index (χ1n) is 5.48. The molecule has 1 heterocycles. The van der Waals surface area contributed by atoms with Gasteiger partial charge in [-0.1, -0.05) is 12.2 Å². The van der Waals surface area contributed by atoms with E-state index in [4.69, 9.17) is 18.0 Å². The average Bonchev–Trinajstić information content (AvgIpc) is 2.79. The monoisotopic (exact) mass is 390 g/mol. The zero-order valence-electron chi connectivity index (χ0n) is 10.4. The van der Waals surface area contributed by atoms with Crippen molar-refractivity contribution in [2.24, 2.45) is 5.73 Å². The number of thiophene rings is 1. The van der Waals surface area contributed by atoms with Crippen LogP contribution in [0.15, 0.2) is 39.0 Å². The summed E-state index contributed by atoms with van der Waals surface area (Å²) in [5, 5.41) is 0. The molecule has 2 aromatic rings. The van der Waals surface area contributed by atoms with Crippen LogP contribution in [-0.2, 0) is 10.0 Å². The van der Waals surface area contributed by atoms with Gasteiger partial charge >= 0.3 is 0 Å². The highest BCUT2D eigenvalue weighted by molar-refractivity contribution is 9.10. The molecule has 0 spiro atoms. The predicted molar refractivity (Wildman–Crippen MR) is 89.9 cm³/mol. The van der Waals surface area contributed by atoms with E-state index in [1.807, 2.05) is 6.92 Å². The number of hydrogen-bond donors (Lipinski definition) is 2. The molecular weight excluding hydrogens is 380 g/mol. The number of nitrogens with two attached hydrogens (primary N) is 1. The lowest BCUT2D eigenvalue weighted by Gasteiger charge is -2.09. The van der Waals surface area contributed by atoms with Gasteiger partial charge < -0.3 is 5.73 Å². The van der Waals surface area contributed by atoms with Crippen molar-refractivity contribution in [3.63, 3.8) is 0 Å². The summed E-state index contributed by atoms with van der Waals surface area (Å²) in [7, 11) is -3.57. The number of anilines is 1. The van der Waals surface area contributed by atoms with E-state index in [1.165, 1.54) is 11.3 Å². The Bertz CT molecular complexity index is 769. The van der Waals surface area contributed by atoms with Crippen LogP contribution in [0, 0.1) is 6.92 Å². The Morgan fingerprint density at radius 1 is 1.35 bits per heavy atom. The maximum atomic E-state index is 12.2. The van der Waals surface area contributed by atoms with Crippen molar-refractivity contribution in [1.82, 2.24) is 0 Å². The van der Waals surface area contributed by atoms with E-state index in [2.05, 4.69) is 20.7 Å². The lowest BCUT2D eigenvalue weighted by atomic mass is 10.2. The molecule has 0 atom stereocenters. The van der Waals surface area contributed by atoms with Crippen molar-refractivity contribution >= 4 is 60.2 Å². The Hall–Kier alpha value is -0.960. The normalized spacial score (nSPS) is 11.3. The Morgan fingerprint density at radius 3 is 2.55 bits per heavy atom. The molecule has 0 aliphatic rings. The minimum absolute atomic E-state index is 0.258. The molecule has 3 N–H and O–H groups in total. The van der Waals surface area contributed by atoms with Gasteiger partial charge in [0.05, 0.1) is 5.69 Å². The topological polar surface area (TPSA) is 72.2 Å². The minimum Gasteiger partial charge on any atom is -0.389 e. The third-order valence-electron chi connectivity index (χ3n) is 2.48. The highest BCUT2D eigenvalue weighted by atomic mass is 79.9. The second-order valence-electron chi connectivity index (χ2n) is 4.03. The van der Waals surface area contributed by atoms with Gasteiger partial charge in [-0.2, -0.15) is 0 Å². The van der Waals surface area contributed by atoms with Crippen LogP contribution in [-0.4, -0.2) is 13.4 Å². The molecule has 106 valence electrons. The van der Waals surface area contributed by atoms with Gasteiger partial charge in [0.1, 0.15) is 9.20 Å². The van der Waals surface area contributed by atoms with Gasteiger partial charge in [0, 0.05) is 14.9 Å². The van der Waals surface area contributed by atoms with E-state index in [1.54, 1.807) is 30.3 Å². The number of thiocarbonyl (C=S) groups is 1. The van der Waals surface area contributed by atoms with Crippen LogP contribution in [0.5, 0.6) is 0 Å². The fourth-order valence-electron chi connectivity index (χ4n) is 1.50. The summed E-state index contributed by atoms with van der Waals surface area (Å²) in [4.78, 5) is 1.20. The standard InChI is InChI=1S/C12H11BrN2O2S3/c1-7-2-5-11(19-7)20(16,17)15-10-4-3-8(12(14)18)6-9(10)13/h2-6,15H,1H3,(H2,14,18). The van der Waals surface area contributed by atoms with Crippen molar-refractivity contribution in [1.29, 1.82) is 0 Å². The molecule has 20 heavy (non-hydrogen) atoms. The highest BCUT2D eigenvalue weighted by Crippen LogP contribution is 2.28. The summed E-state index contributed by atoms with van der Waals surface area (Å²) in [6, 6.07) is 8.32. The van der Waals surface area contributed by atoms with Crippen LogP contribution in [0.4, 0.5) is 5.69 Å². The minimum atomic E-state index is -3.57. The van der Waals surface area contributed by atoms with E-state index in [0.29, 0.717) is 15.7 Å². The van der Waals surface area contributed by atoms with Crippen LogP contribution in [0.2, 0.25) is 0 Å². The molecule has 4 nitrogen and oxygen atoms in total. The van der Waals surface area contributed by atoms with Gasteiger partial charge in [-0.3, -0.25) is 4.72 Å². The molecule has 0 saturated carbocycles. The van der Waals surface area contributed by atoms with Crippen LogP contribution in [0.25, 0.3) is 0 Å². The van der Waals surface area contributed by atoms with Crippen molar-refractivity contribution < 1.29 is 8.42 Å². The quantitative estimate of drug-likeness (QED) is 0.785. The Balaban J connectivity index is 2.32. The van der Waals surface area contributed by atoms with Crippen LogP contribution < -0.4 is 10.5 Å². The Labute approximate surface area is 135 Å². The van der Waals surface area contributed by atoms with E-state index in [0.717, 1.165) is 4.88 Å². The summed E-state index contributed by atoms with van der Waals surface area (Å²) >= 11 is 9.40. The zero-order valence-corrected chi connectivity index (χ0v) is 14.4.